The number of aryl methyl sites for hydroxylation is 2. The molecule has 174 valence electrons. The maximum absolute atomic E-state index is 13.1. The number of carbonyl (C=O) groups excluding carboxylic acids is 1. The molecule has 2 heterocycles. The number of amides is 1. The van der Waals surface area contributed by atoms with Gasteiger partial charge in [-0.25, -0.2) is 0 Å². The topological polar surface area (TPSA) is 26.8 Å². The van der Waals surface area contributed by atoms with Crippen LogP contribution in [0.4, 0.5) is 0 Å². The second-order valence-electron chi connectivity index (χ2n) is 9.09. The van der Waals surface area contributed by atoms with Crippen LogP contribution >= 0.6 is 0 Å². The summed E-state index contributed by atoms with van der Waals surface area (Å²) in [6.07, 6.45) is 2.17. The summed E-state index contributed by atoms with van der Waals surface area (Å²) in [4.78, 5) is 20.4. The van der Waals surface area contributed by atoms with E-state index in [1.807, 2.05) is 45.9 Å². The summed E-state index contributed by atoms with van der Waals surface area (Å²) in [5, 5.41) is 0. The number of likely N-dealkylation sites (tertiary alicyclic amines) is 1. The molecule has 2 aromatic carbocycles. The first-order chi connectivity index (χ1) is 15.5. The van der Waals surface area contributed by atoms with Gasteiger partial charge in [-0.1, -0.05) is 62.4 Å². The second kappa shape index (κ2) is 11.6. The predicted molar refractivity (Wildman–Crippen MR) is 134 cm³/mol. The van der Waals surface area contributed by atoms with Crippen molar-refractivity contribution in [2.45, 2.75) is 66.1 Å². The molecule has 1 amide bonds. The fraction of sp³-hybridized carbons (Fsp3) is 0.536. The van der Waals surface area contributed by atoms with E-state index >= 15 is 0 Å². The predicted octanol–water partition coefficient (Wildman–Crippen LogP) is 5.14. The first kappa shape index (κ1) is 24.5. The molecule has 2 aromatic rings. The Morgan fingerprint density at radius 2 is 1.50 bits per heavy atom. The van der Waals surface area contributed by atoms with Crippen molar-refractivity contribution in [3.8, 4) is 0 Å². The molecule has 0 aliphatic carbocycles. The largest absolute Gasteiger partial charge is 0.339 e. The molecular weight excluding hydrogens is 394 g/mol. The number of carbonyl (C=O) groups is 1. The van der Waals surface area contributed by atoms with Crippen LogP contribution in [-0.2, 0) is 6.54 Å². The third-order valence-electron chi connectivity index (χ3n) is 6.99. The molecule has 0 bridgehead atoms. The summed E-state index contributed by atoms with van der Waals surface area (Å²) >= 11 is 0. The van der Waals surface area contributed by atoms with Crippen LogP contribution in [-0.4, -0.2) is 65.4 Å². The molecule has 4 rings (SSSR count). The zero-order valence-corrected chi connectivity index (χ0v) is 20.7. The van der Waals surface area contributed by atoms with Gasteiger partial charge in [0, 0.05) is 56.9 Å². The van der Waals surface area contributed by atoms with E-state index in [1.54, 1.807) is 0 Å². The minimum Gasteiger partial charge on any atom is -0.339 e. The van der Waals surface area contributed by atoms with Crippen molar-refractivity contribution in [2.75, 3.05) is 32.7 Å². The first-order valence-corrected chi connectivity index (χ1v) is 12.4. The minimum absolute atomic E-state index is 0.213. The van der Waals surface area contributed by atoms with E-state index in [0.29, 0.717) is 12.1 Å². The quantitative estimate of drug-likeness (QED) is 0.665. The number of hydrogen-bond acceptors (Lipinski definition) is 3. The van der Waals surface area contributed by atoms with Gasteiger partial charge >= 0.3 is 0 Å². The molecule has 4 heteroatoms. The highest BCUT2D eigenvalue weighted by Crippen LogP contribution is 2.24. The van der Waals surface area contributed by atoms with Gasteiger partial charge < -0.3 is 4.90 Å². The lowest BCUT2D eigenvalue weighted by molar-refractivity contribution is 0.0259. The zero-order valence-electron chi connectivity index (χ0n) is 20.7. The van der Waals surface area contributed by atoms with Crippen molar-refractivity contribution < 1.29 is 4.79 Å². The Morgan fingerprint density at radius 3 is 2.09 bits per heavy atom. The average Bonchev–Trinajstić information content (AvgIpc) is 2.82. The van der Waals surface area contributed by atoms with Gasteiger partial charge in [0.25, 0.3) is 5.91 Å². The molecule has 2 fully saturated rings. The van der Waals surface area contributed by atoms with Gasteiger partial charge in [0.05, 0.1) is 0 Å². The Bertz CT molecular complexity index is 838. The first-order valence-electron chi connectivity index (χ1n) is 12.4. The van der Waals surface area contributed by atoms with Gasteiger partial charge in [0.2, 0.25) is 0 Å². The molecular formula is C28H41N3O. The normalized spacial score (nSPS) is 20.5. The number of piperazine rings is 1. The van der Waals surface area contributed by atoms with E-state index in [9.17, 15) is 4.79 Å². The van der Waals surface area contributed by atoms with Crippen LogP contribution in [0.1, 0.15) is 60.7 Å². The molecule has 0 spiro atoms. The summed E-state index contributed by atoms with van der Waals surface area (Å²) < 4.78 is 0. The van der Waals surface area contributed by atoms with Crippen molar-refractivity contribution in [3.05, 3.63) is 70.8 Å². The number of nitrogens with zero attached hydrogens (tertiary/aromatic N) is 3. The highest BCUT2D eigenvalue weighted by atomic mass is 16.2. The number of rotatable bonds is 4. The van der Waals surface area contributed by atoms with Crippen LogP contribution in [0.2, 0.25) is 0 Å². The van der Waals surface area contributed by atoms with E-state index in [0.717, 1.165) is 68.8 Å². The minimum atomic E-state index is 0.213. The molecule has 4 nitrogen and oxygen atoms in total. The summed E-state index contributed by atoms with van der Waals surface area (Å²) in [7, 11) is 0. The fourth-order valence-corrected chi connectivity index (χ4v) is 5.15. The Morgan fingerprint density at radius 1 is 0.875 bits per heavy atom. The SMILES string of the molecule is CC.Cc1cccc(C)c1C(=O)N1CCC(N2CCN(Cc3ccccc3)[C@@H](C)C2)CC1. The van der Waals surface area contributed by atoms with Crippen LogP contribution in [0.25, 0.3) is 0 Å². The van der Waals surface area contributed by atoms with Crippen LogP contribution in [0.5, 0.6) is 0 Å². The molecule has 2 aliphatic rings. The molecule has 0 unspecified atom stereocenters. The molecule has 0 radical (unpaired) electrons. The maximum atomic E-state index is 13.1. The Hall–Kier alpha value is -2.17. The molecule has 32 heavy (non-hydrogen) atoms. The van der Waals surface area contributed by atoms with Gasteiger partial charge in [-0.05, 0) is 50.3 Å². The molecule has 2 saturated heterocycles. The van der Waals surface area contributed by atoms with Gasteiger partial charge in [0.1, 0.15) is 0 Å². The highest BCUT2D eigenvalue weighted by molar-refractivity contribution is 5.97. The molecule has 0 N–H and O–H groups in total. The Balaban J connectivity index is 0.00000141. The van der Waals surface area contributed by atoms with E-state index < -0.39 is 0 Å². The summed E-state index contributed by atoms with van der Waals surface area (Å²) in [5.41, 5.74) is 4.48. The summed E-state index contributed by atoms with van der Waals surface area (Å²) in [6, 6.07) is 18.1. The van der Waals surface area contributed by atoms with Gasteiger partial charge in [-0.15, -0.1) is 0 Å². The van der Waals surface area contributed by atoms with Crippen LogP contribution in [0.3, 0.4) is 0 Å². The lowest BCUT2D eigenvalue weighted by atomic mass is 9.97. The molecule has 1 atom stereocenters. The Kier molecular flexibility index (Phi) is 8.89. The summed E-state index contributed by atoms with van der Waals surface area (Å²) in [5.74, 6) is 0.213. The van der Waals surface area contributed by atoms with E-state index in [1.165, 1.54) is 5.56 Å². The number of hydrogen-bond donors (Lipinski definition) is 0. The van der Waals surface area contributed by atoms with Crippen molar-refractivity contribution in [2.24, 2.45) is 0 Å². The number of benzene rings is 2. The van der Waals surface area contributed by atoms with Crippen LogP contribution in [0.15, 0.2) is 48.5 Å². The Labute approximate surface area is 195 Å². The van der Waals surface area contributed by atoms with Crippen LogP contribution < -0.4 is 0 Å². The highest BCUT2D eigenvalue weighted by Gasteiger charge is 2.32. The maximum Gasteiger partial charge on any atom is 0.254 e. The van der Waals surface area contributed by atoms with E-state index in [-0.39, 0.29) is 5.91 Å². The van der Waals surface area contributed by atoms with Gasteiger partial charge in [-0.3, -0.25) is 14.6 Å². The smallest absolute Gasteiger partial charge is 0.254 e. The average molecular weight is 436 g/mol. The second-order valence-corrected chi connectivity index (χ2v) is 9.09. The van der Waals surface area contributed by atoms with Crippen LogP contribution in [0, 0.1) is 13.8 Å². The molecule has 0 saturated carbocycles. The van der Waals surface area contributed by atoms with Gasteiger partial charge in [0.15, 0.2) is 0 Å². The number of piperidine rings is 1. The fourth-order valence-electron chi connectivity index (χ4n) is 5.15. The van der Waals surface area contributed by atoms with Crippen molar-refractivity contribution in [1.29, 1.82) is 0 Å². The third-order valence-corrected chi connectivity index (χ3v) is 6.99. The lowest BCUT2D eigenvalue weighted by Crippen LogP contribution is -2.56. The summed E-state index contributed by atoms with van der Waals surface area (Å²) in [6.45, 7) is 16.6. The molecule has 2 aliphatic heterocycles. The lowest BCUT2D eigenvalue weighted by Gasteiger charge is -2.45. The van der Waals surface area contributed by atoms with Gasteiger partial charge in [-0.2, -0.15) is 0 Å². The van der Waals surface area contributed by atoms with Crippen molar-refractivity contribution in [1.82, 2.24) is 14.7 Å². The van der Waals surface area contributed by atoms with E-state index in [2.05, 4.69) is 52.0 Å². The van der Waals surface area contributed by atoms with Crippen molar-refractivity contribution >= 4 is 5.91 Å². The zero-order chi connectivity index (χ0) is 23.1. The third kappa shape index (κ3) is 5.79. The van der Waals surface area contributed by atoms with E-state index in [4.69, 9.17) is 0 Å². The molecule has 0 aromatic heterocycles. The standard InChI is InChI=1S/C26H35N3O.C2H6/c1-20-8-7-9-21(2)25(20)26(30)27-14-12-24(13-15-27)29-17-16-28(22(3)18-29)19-23-10-5-4-6-11-23;1-2/h4-11,22,24H,12-19H2,1-3H3;1-2H3/t22-;/m0./s1. The monoisotopic (exact) mass is 435 g/mol. The van der Waals surface area contributed by atoms with Crippen molar-refractivity contribution in [3.63, 3.8) is 0 Å².